The summed E-state index contributed by atoms with van der Waals surface area (Å²) in [5.74, 6) is 0.873. The van der Waals surface area contributed by atoms with Gasteiger partial charge in [0.2, 0.25) is 0 Å². The lowest BCUT2D eigenvalue weighted by molar-refractivity contribution is 0.0993. The predicted octanol–water partition coefficient (Wildman–Crippen LogP) is 2.27. The minimum absolute atomic E-state index is 0.0878. The van der Waals surface area contributed by atoms with Crippen LogP contribution in [0.1, 0.15) is 31.1 Å². The molecule has 0 saturated carbocycles. The third-order valence-corrected chi connectivity index (χ3v) is 1.94. The highest BCUT2D eigenvalue weighted by Crippen LogP contribution is 2.18. The van der Waals surface area contributed by atoms with Crippen LogP contribution in [0.15, 0.2) is 24.3 Å². The van der Waals surface area contributed by atoms with Gasteiger partial charge in [0, 0.05) is 5.56 Å². The Balaban J connectivity index is 2.72. The maximum atomic E-state index is 11.5. The lowest BCUT2D eigenvalue weighted by atomic mass is 10.1. The van der Waals surface area contributed by atoms with Gasteiger partial charge in [-0.3, -0.25) is 4.79 Å². The van der Waals surface area contributed by atoms with Crippen LogP contribution in [0.3, 0.4) is 0 Å². The first-order valence-corrected chi connectivity index (χ1v) is 5.39. The van der Waals surface area contributed by atoms with Crippen LogP contribution in [-0.2, 0) is 0 Å². The summed E-state index contributed by atoms with van der Waals surface area (Å²) in [6.45, 7) is 6.34. The first-order chi connectivity index (χ1) is 7.42. The van der Waals surface area contributed by atoms with Crippen molar-refractivity contribution in [3.05, 3.63) is 29.8 Å². The quantitative estimate of drug-likeness (QED) is 0.793. The molecular weight excluding hydrogens is 202 g/mol. The van der Waals surface area contributed by atoms with Crippen molar-refractivity contribution in [1.82, 2.24) is 5.32 Å². The third kappa shape index (κ3) is 4.03. The zero-order valence-corrected chi connectivity index (χ0v) is 10.3. The van der Waals surface area contributed by atoms with E-state index in [4.69, 9.17) is 4.74 Å². The molecule has 0 aromatic heterocycles. The molecule has 0 unspecified atom stereocenters. The number of Topliss-reactive ketones (excluding diaryl/α,β-unsaturated/α-hetero) is 1. The van der Waals surface area contributed by atoms with Crippen LogP contribution in [0.2, 0.25) is 0 Å². The molecule has 0 aliphatic heterocycles. The highest BCUT2D eigenvalue weighted by molar-refractivity contribution is 5.97. The first-order valence-electron chi connectivity index (χ1n) is 5.39. The molecule has 88 valence electrons. The summed E-state index contributed by atoms with van der Waals surface area (Å²) in [5.41, 5.74) is 0.492. The Morgan fingerprint density at radius 1 is 1.25 bits per heavy atom. The normalized spacial score (nSPS) is 11.2. The molecule has 0 heterocycles. The van der Waals surface area contributed by atoms with Crippen molar-refractivity contribution in [2.24, 2.45) is 0 Å². The molecule has 1 rings (SSSR count). The fraction of sp³-hybridized carbons (Fsp3) is 0.462. The van der Waals surface area contributed by atoms with Crippen molar-refractivity contribution in [1.29, 1.82) is 0 Å². The van der Waals surface area contributed by atoms with Crippen molar-refractivity contribution < 1.29 is 9.53 Å². The molecule has 0 saturated heterocycles. The Labute approximate surface area is 96.8 Å². The number of rotatable bonds is 4. The summed E-state index contributed by atoms with van der Waals surface area (Å²) in [7, 11) is 1.76. The number of hydrogen-bond acceptors (Lipinski definition) is 3. The summed E-state index contributed by atoms with van der Waals surface area (Å²) in [5, 5.41) is 2.84. The molecule has 1 aromatic carbocycles. The Kier molecular flexibility index (Phi) is 4.07. The number of nitrogens with one attached hydrogen (secondary N) is 1. The van der Waals surface area contributed by atoms with Gasteiger partial charge in [-0.05, 0) is 52.1 Å². The molecule has 1 N–H and O–H groups in total. The van der Waals surface area contributed by atoms with Crippen molar-refractivity contribution in [2.45, 2.75) is 26.4 Å². The van der Waals surface area contributed by atoms with E-state index in [0.717, 1.165) is 5.75 Å². The van der Waals surface area contributed by atoms with Crippen LogP contribution >= 0.6 is 0 Å². The molecule has 0 aliphatic rings. The summed E-state index contributed by atoms with van der Waals surface area (Å²) in [6, 6.07) is 7.24. The largest absolute Gasteiger partial charge is 0.488 e. The molecule has 3 nitrogen and oxygen atoms in total. The van der Waals surface area contributed by atoms with Crippen molar-refractivity contribution >= 4 is 5.78 Å². The Morgan fingerprint density at radius 2 is 1.81 bits per heavy atom. The van der Waals surface area contributed by atoms with Crippen LogP contribution in [0, 0.1) is 0 Å². The molecule has 1 aromatic rings. The molecule has 16 heavy (non-hydrogen) atoms. The van der Waals surface area contributed by atoms with Crippen molar-refractivity contribution in [3.63, 3.8) is 0 Å². The monoisotopic (exact) mass is 221 g/mol. The van der Waals surface area contributed by atoms with Crippen molar-refractivity contribution in [3.8, 4) is 5.75 Å². The van der Waals surface area contributed by atoms with E-state index in [1.807, 2.05) is 32.9 Å². The maximum Gasteiger partial charge on any atom is 0.176 e. The molecule has 0 amide bonds. The van der Waals surface area contributed by atoms with Crippen LogP contribution in [-0.4, -0.2) is 25.0 Å². The molecule has 0 radical (unpaired) electrons. The minimum Gasteiger partial charge on any atom is -0.488 e. The first kappa shape index (κ1) is 12.7. The van der Waals surface area contributed by atoms with Crippen LogP contribution in [0.25, 0.3) is 0 Å². The van der Waals surface area contributed by atoms with E-state index in [1.165, 1.54) is 0 Å². The molecule has 3 heteroatoms. The number of benzene rings is 1. The zero-order chi connectivity index (χ0) is 12.2. The standard InChI is InChI=1S/C13H19NO2/c1-13(2,3)16-11-7-5-10(6-8-11)12(15)9-14-4/h5-8,14H,9H2,1-4H3. The third-order valence-electron chi connectivity index (χ3n) is 1.94. The number of hydrogen-bond donors (Lipinski definition) is 1. The highest BCUT2D eigenvalue weighted by Gasteiger charge is 2.12. The second kappa shape index (κ2) is 5.12. The van der Waals surface area contributed by atoms with Gasteiger partial charge in [-0.15, -0.1) is 0 Å². The Morgan fingerprint density at radius 3 is 2.25 bits per heavy atom. The van der Waals surface area contributed by atoms with Gasteiger partial charge in [0.25, 0.3) is 0 Å². The molecule has 0 spiro atoms. The highest BCUT2D eigenvalue weighted by atomic mass is 16.5. The number of likely N-dealkylation sites (N-methyl/N-ethyl adjacent to an activating group) is 1. The van der Waals surface area contributed by atoms with E-state index >= 15 is 0 Å². The molecule has 0 fully saturated rings. The number of ether oxygens (including phenoxy) is 1. The maximum absolute atomic E-state index is 11.5. The number of carbonyl (C=O) groups is 1. The Bertz CT molecular complexity index is 349. The SMILES string of the molecule is CNCC(=O)c1ccc(OC(C)(C)C)cc1. The minimum atomic E-state index is -0.212. The van der Waals surface area contributed by atoms with Gasteiger partial charge in [-0.1, -0.05) is 0 Å². The van der Waals surface area contributed by atoms with Crippen LogP contribution in [0.5, 0.6) is 5.75 Å². The van der Waals surface area contributed by atoms with Gasteiger partial charge >= 0.3 is 0 Å². The van der Waals surface area contributed by atoms with Crippen molar-refractivity contribution in [2.75, 3.05) is 13.6 Å². The molecular formula is C13H19NO2. The smallest absolute Gasteiger partial charge is 0.176 e. The second-order valence-electron chi connectivity index (χ2n) is 4.69. The molecule has 0 atom stereocenters. The number of ketones is 1. The summed E-state index contributed by atoms with van der Waals surface area (Å²) >= 11 is 0. The fourth-order valence-electron chi connectivity index (χ4n) is 1.33. The Hall–Kier alpha value is -1.35. The summed E-state index contributed by atoms with van der Waals surface area (Å²) in [4.78, 5) is 11.5. The molecule has 0 bridgehead atoms. The second-order valence-corrected chi connectivity index (χ2v) is 4.69. The summed E-state index contributed by atoms with van der Waals surface area (Å²) in [6.07, 6.45) is 0. The van der Waals surface area contributed by atoms with Gasteiger partial charge in [0.05, 0.1) is 6.54 Å². The van der Waals surface area contributed by atoms with Gasteiger partial charge in [-0.25, -0.2) is 0 Å². The van der Waals surface area contributed by atoms with E-state index in [2.05, 4.69) is 5.32 Å². The van der Waals surface area contributed by atoms with Gasteiger partial charge < -0.3 is 10.1 Å². The zero-order valence-electron chi connectivity index (χ0n) is 10.3. The van der Waals surface area contributed by atoms with E-state index in [1.54, 1.807) is 19.2 Å². The molecule has 0 aliphatic carbocycles. The van der Waals surface area contributed by atoms with Crippen LogP contribution < -0.4 is 10.1 Å². The van der Waals surface area contributed by atoms with Gasteiger partial charge in [0.15, 0.2) is 5.78 Å². The van der Waals surface area contributed by atoms with Crippen LogP contribution in [0.4, 0.5) is 0 Å². The lowest BCUT2D eigenvalue weighted by Crippen LogP contribution is -2.23. The van der Waals surface area contributed by atoms with E-state index in [-0.39, 0.29) is 11.4 Å². The topological polar surface area (TPSA) is 38.3 Å². The average molecular weight is 221 g/mol. The fourth-order valence-corrected chi connectivity index (χ4v) is 1.33. The van der Waals surface area contributed by atoms with E-state index in [0.29, 0.717) is 12.1 Å². The van der Waals surface area contributed by atoms with E-state index < -0.39 is 0 Å². The van der Waals surface area contributed by atoms with E-state index in [9.17, 15) is 4.79 Å². The average Bonchev–Trinajstić information content (AvgIpc) is 2.16. The van der Waals surface area contributed by atoms with Gasteiger partial charge in [0.1, 0.15) is 11.4 Å². The van der Waals surface area contributed by atoms with Gasteiger partial charge in [-0.2, -0.15) is 0 Å². The predicted molar refractivity (Wildman–Crippen MR) is 65.1 cm³/mol. The lowest BCUT2D eigenvalue weighted by Gasteiger charge is -2.21. The summed E-state index contributed by atoms with van der Waals surface area (Å²) < 4.78 is 5.67. The number of carbonyl (C=O) groups excluding carboxylic acids is 1.